The Balaban J connectivity index is 1.69. The minimum atomic E-state index is -0.612. The van der Waals surface area contributed by atoms with Gasteiger partial charge in [-0.15, -0.1) is 0 Å². The Kier molecular flexibility index (Phi) is 7.52. The molecule has 1 amide bonds. The number of halogens is 3. The Labute approximate surface area is 193 Å². The Bertz CT molecular complexity index is 1170. The first-order chi connectivity index (χ1) is 14.9. The first-order valence-electron chi connectivity index (χ1n) is 8.82. The summed E-state index contributed by atoms with van der Waals surface area (Å²) < 4.78 is 10.7. The van der Waals surface area contributed by atoms with E-state index in [1.807, 2.05) is 0 Å². The lowest BCUT2D eigenvalue weighted by atomic mass is 10.2. The third kappa shape index (κ3) is 5.76. The van der Waals surface area contributed by atoms with Gasteiger partial charge in [0.2, 0.25) is 0 Å². The fraction of sp³-hybridized carbons (Fsp3) is 0.0455. The Hall–Kier alpha value is -3.06. The molecule has 0 bridgehead atoms. The normalized spacial score (nSPS) is 10.7. The van der Waals surface area contributed by atoms with Gasteiger partial charge in [-0.1, -0.05) is 46.9 Å². The lowest BCUT2D eigenvalue weighted by molar-refractivity contribution is 0.0729. The topological polar surface area (TPSA) is 77.0 Å². The minimum Gasteiger partial charge on any atom is -0.493 e. The maximum absolute atomic E-state index is 12.4. The maximum atomic E-state index is 12.4. The number of hydrogen-bond donors (Lipinski definition) is 1. The summed E-state index contributed by atoms with van der Waals surface area (Å²) in [6.45, 7) is 0. The van der Waals surface area contributed by atoms with Crippen LogP contribution in [0.15, 0.2) is 65.8 Å². The number of rotatable bonds is 6. The number of benzene rings is 3. The van der Waals surface area contributed by atoms with Gasteiger partial charge in [-0.3, -0.25) is 4.79 Å². The fourth-order valence-corrected chi connectivity index (χ4v) is 3.01. The van der Waals surface area contributed by atoms with Crippen molar-refractivity contribution in [2.45, 2.75) is 0 Å². The van der Waals surface area contributed by atoms with Crippen LogP contribution in [0.4, 0.5) is 0 Å². The van der Waals surface area contributed by atoms with E-state index in [4.69, 9.17) is 44.3 Å². The number of hydrogen-bond acceptors (Lipinski definition) is 5. The van der Waals surface area contributed by atoms with Crippen molar-refractivity contribution in [1.82, 2.24) is 5.43 Å². The van der Waals surface area contributed by atoms with Gasteiger partial charge in [0.1, 0.15) is 0 Å². The summed E-state index contributed by atoms with van der Waals surface area (Å²) in [7, 11) is 1.44. The van der Waals surface area contributed by atoms with E-state index in [1.54, 1.807) is 42.5 Å². The second-order valence-electron chi connectivity index (χ2n) is 6.11. The smallest absolute Gasteiger partial charge is 0.345 e. The van der Waals surface area contributed by atoms with E-state index in [-0.39, 0.29) is 21.4 Å². The van der Waals surface area contributed by atoms with Crippen LogP contribution in [-0.4, -0.2) is 25.2 Å². The van der Waals surface area contributed by atoms with Crippen LogP contribution in [0.5, 0.6) is 11.5 Å². The molecule has 1 N–H and O–H groups in total. The highest BCUT2D eigenvalue weighted by Crippen LogP contribution is 2.29. The van der Waals surface area contributed by atoms with E-state index in [1.165, 1.54) is 31.5 Å². The zero-order valence-corrected chi connectivity index (χ0v) is 18.3. The van der Waals surface area contributed by atoms with Crippen molar-refractivity contribution in [3.8, 4) is 11.5 Å². The number of carbonyl (C=O) groups is 2. The van der Waals surface area contributed by atoms with Crippen molar-refractivity contribution in [2.75, 3.05) is 7.11 Å². The summed E-state index contributed by atoms with van der Waals surface area (Å²) in [4.78, 5) is 24.5. The number of nitrogens with one attached hydrogen (secondary N) is 1. The lowest BCUT2D eigenvalue weighted by Gasteiger charge is -2.10. The van der Waals surface area contributed by atoms with Crippen molar-refractivity contribution < 1.29 is 19.1 Å². The number of esters is 1. The molecule has 0 aliphatic rings. The van der Waals surface area contributed by atoms with Crippen molar-refractivity contribution in [1.29, 1.82) is 0 Å². The molecule has 0 saturated heterocycles. The van der Waals surface area contributed by atoms with Gasteiger partial charge < -0.3 is 9.47 Å². The van der Waals surface area contributed by atoms with Gasteiger partial charge in [0.05, 0.1) is 34.0 Å². The van der Waals surface area contributed by atoms with Gasteiger partial charge in [0.15, 0.2) is 11.5 Å². The quantitative estimate of drug-likeness (QED) is 0.216. The molecule has 3 rings (SSSR count). The molecule has 0 aromatic heterocycles. The first kappa shape index (κ1) is 22.6. The molecule has 3 aromatic rings. The molecule has 0 heterocycles. The number of carbonyl (C=O) groups excluding carboxylic acids is 2. The Morgan fingerprint density at radius 3 is 2.39 bits per heavy atom. The molecule has 0 saturated carbocycles. The number of hydrazone groups is 1. The van der Waals surface area contributed by atoms with Gasteiger partial charge in [0.25, 0.3) is 5.91 Å². The fourth-order valence-electron chi connectivity index (χ4n) is 2.50. The van der Waals surface area contributed by atoms with Crippen molar-refractivity contribution in [3.05, 3.63) is 92.4 Å². The average Bonchev–Trinajstić information content (AvgIpc) is 2.76. The van der Waals surface area contributed by atoms with Crippen molar-refractivity contribution in [2.24, 2.45) is 5.10 Å². The van der Waals surface area contributed by atoms with Crippen LogP contribution in [-0.2, 0) is 0 Å². The van der Waals surface area contributed by atoms with Gasteiger partial charge in [-0.25, -0.2) is 10.2 Å². The number of methoxy groups -OCH3 is 1. The van der Waals surface area contributed by atoms with Crippen LogP contribution in [0.2, 0.25) is 15.1 Å². The predicted molar refractivity (Wildman–Crippen MR) is 121 cm³/mol. The molecule has 0 fully saturated rings. The molecule has 0 aliphatic heterocycles. The number of nitrogens with zero attached hydrogens (tertiary/aromatic N) is 1. The van der Waals surface area contributed by atoms with Crippen molar-refractivity contribution >= 4 is 52.9 Å². The van der Waals surface area contributed by atoms with Gasteiger partial charge >= 0.3 is 5.97 Å². The van der Waals surface area contributed by atoms with Crippen LogP contribution < -0.4 is 14.9 Å². The largest absolute Gasteiger partial charge is 0.493 e. The lowest BCUT2D eigenvalue weighted by Crippen LogP contribution is -2.17. The minimum absolute atomic E-state index is 0.212. The molecule has 158 valence electrons. The molecule has 31 heavy (non-hydrogen) atoms. The Morgan fingerprint density at radius 2 is 1.68 bits per heavy atom. The molecular weight excluding hydrogens is 463 g/mol. The van der Waals surface area contributed by atoms with Crippen molar-refractivity contribution in [3.63, 3.8) is 0 Å². The van der Waals surface area contributed by atoms with Crippen LogP contribution >= 0.6 is 34.8 Å². The number of ether oxygens (including phenoxy) is 2. The summed E-state index contributed by atoms with van der Waals surface area (Å²) in [6.07, 6.45) is 1.41. The summed E-state index contributed by atoms with van der Waals surface area (Å²) in [5, 5.41) is 4.82. The summed E-state index contributed by atoms with van der Waals surface area (Å²) in [5.41, 5.74) is 3.54. The van der Waals surface area contributed by atoms with Crippen LogP contribution in [0.1, 0.15) is 26.3 Å². The maximum Gasteiger partial charge on any atom is 0.345 e. The summed E-state index contributed by atoms with van der Waals surface area (Å²) >= 11 is 17.8. The predicted octanol–water partition coefficient (Wildman–Crippen LogP) is 5.64. The standard InChI is InChI=1S/C22H15Cl3N2O4/c1-30-20-10-13(12-26-27-21(28)14-7-8-17(24)18(25)11-14)6-9-19(20)31-22(29)15-4-2-3-5-16(15)23/h2-12H,1H3,(H,27,28). The second-order valence-corrected chi connectivity index (χ2v) is 7.33. The first-order valence-corrected chi connectivity index (χ1v) is 9.95. The van der Waals surface area contributed by atoms with E-state index in [0.717, 1.165) is 0 Å². The van der Waals surface area contributed by atoms with Gasteiger partial charge in [-0.05, 0) is 54.1 Å². The zero-order chi connectivity index (χ0) is 22.4. The van der Waals surface area contributed by atoms with E-state index < -0.39 is 11.9 Å². The molecule has 0 atom stereocenters. The average molecular weight is 478 g/mol. The zero-order valence-electron chi connectivity index (χ0n) is 16.1. The highest BCUT2D eigenvalue weighted by atomic mass is 35.5. The van der Waals surface area contributed by atoms with E-state index in [2.05, 4.69) is 10.5 Å². The Morgan fingerprint density at radius 1 is 0.903 bits per heavy atom. The molecule has 0 aliphatic carbocycles. The van der Waals surface area contributed by atoms with E-state index in [0.29, 0.717) is 21.9 Å². The van der Waals surface area contributed by atoms with Gasteiger partial charge in [-0.2, -0.15) is 5.10 Å². The van der Waals surface area contributed by atoms with E-state index in [9.17, 15) is 9.59 Å². The molecule has 3 aromatic carbocycles. The molecule has 9 heteroatoms. The molecule has 0 spiro atoms. The second kappa shape index (κ2) is 10.3. The molecule has 6 nitrogen and oxygen atoms in total. The van der Waals surface area contributed by atoms with Crippen LogP contribution in [0.3, 0.4) is 0 Å². The molecule has 0 radical (unpaired) electrons. The van der Waals surface area contributed by atoms with Crippen LogP contribution in [0.25, 0.3) is 0 Å². The summed E-state index contributed by atoms with van der Waals surface area (Å²) in [6, 6.07) is 15.9. The highest BCUT2D eigenvalue weighted by Gasteiger charge is 2.15. The summed E-state index contributed by atoms with van der Waals surface area (Å²) in [5.74, 6) is -0.546. The van der Waals surface area contributed by atoms with E-state index >= 15 is 0 Å². The third-order valence-corrected chi connectivity index (χ3v) is 5.11. The third-order valence-electron chi connectivity index (χ3n) is 4.05. The monoisotopic (exact) mass is 476 g/mol. The highest BCUT2D eigenvalue weighted by molar-refractivity contribution is 6.42. The molecule has 0 unspecified atom stereocenters. The number of amides is 1. The van der Waals surface area contributed by atoms with Crippen LogP contribution in [0, 0.1) is 0 Å². The molecular formula is C22H15Cl3N2O4. The van der Waals surface area contributed by atoms with Gasteiger partial charge in [0, 0.05) is 5.56 Å². The SMILES string of the molecule is COc1cc(C=NNC(=O)c2ccc(Cl)c(Cl)c2)ccc1OC(=O)c1ccccc1Cl.